The minimum absolute atomic E-state index is 0.0365. The Morgan fingerprint density at radius 3 is 2.43 bits per heavy atom. The van der Waals surface area contributed by atoms with E-state index in [1.54, 1.807) is 42.5 Å². The van der Waals surface area contributed by atoms with Crippen LogP contribution in [0.4, 0.5) is 5.69 Å². The zero-order valence-corrected chi connectivity index (χ0v) is 15.5. The summed E-state index contributed by atoms with van der Waals surface area (Å²) in [5.41, 5.74) is 1.77. The van der Waals surface area contributed by atoms with Crippen molar-refractivity contribution in [2.45, 2.75) is 19.8 Å². The van der Waals surface area contributed by atoms with E-state index in [9.17, 15) is 14.4 Å². The highest BCUT2D eigenvalue weighted by Crippen LogP contribution is 2.30. The zero-order valence-electron chi connectivity index (χ0n) is 15.5. The van der Waals surface area contributed by atoms with E-state index >= 15 is 0 Å². The molecule has 28 heavy (non-hydrogen) atoms. The van der Waals surface area contributed by atoms with Crippen LogP contribution in [0.15, 0.2) is 42.5 Å². The molecule has 0 bridgehead atoms. The highest BCUT2D eigenvalue weighted by atomic mass is 16.5. The van der Waals surface area contributed by atoms with Crippen LogP contribution in [0.25, 0.3) is 0 Å². The van der Waals surface area contributed by atoms with Gasteiger partial charge >= 0.3 is 5.97 Å². The van der Waals surface area contributed by atoms with E-state index in [0.29, 0.717) is 36.0 Å². The highest BCUT2D eigenvalue weighted by Gasteiger charge is 2.16. The molecule has 0 unspecified atom stereocenters. The lowest BCUT2D eigenvalue weighted by Gasteiger charge is -2.09. The molecular formula is C21H21NO6. The smallest absolute Gasteiger partial charge is 0.310 e. The van der Waals surface area contributed by atoms with Gasteiger partial charge in [-0.15, -0.1) is 0 Å². The van der Waals surface area contributed by atoms with Crippen molar-refractivity contribution in [2.75, 3.05) is 25.1 Å². The Balaban J connectivity index is 1.52. The van der Waals surface area contributed by atoms with Gasteiger partial charge in [-0.25, -0.2) is 0 Å². The molecule has 7 heteroatoms. The van der Waals surface area contributed by atoms with E-state index < -0.39 is 5.97 Å². The Hall–Kier alpha value is -3.35. The van der Waals surface area contributed by atoms with Crippen molar-refractivity contribution in [3.05, 3.63) is 53.6 Å². The number of esters is 1. The summed E-state index contributed by atoms with van der Waals surface area (Å²) in [6, 6.07) is 11.8. The van der Waals surface area contributed by atoms with Crippen LogP contribution in [0.5, 0.6) is 11.5 Å². The average molecular weight is 383 g/mol. The Morgan fingerprint density at radius 2 is 1.71 bits per heavy atom. The Labute approximate surface area is 162 Å². The van der Waals surface area contributed by atoms with Crippen molar-refractivity contribution in [1.29, 1.82) is 0 Å². The summed E-state index contributed by atoms with van der Waals surface area (Å²) in [4.78, 5) is 35.3. The number of rotatable bonds is 6. The molecule has 0 radical (unpaired) electrons. The number of hydrogen-bond acceptors (Lipinski definition) is 6. The molecule has 0 saturated heterocycles. The maximum absolute atomic E-state index is 12.3. The summed E-state index contributed by atoms with van der Waals surface area (Å²) in [7, 11) is 0. The number of Topliss-reactive ketones (excluding diaryl/α,β-unsaturated/α-hetero) is 1. The number of ether oxygens (including phenoxy) is 3. The van der Waals surface area contributed by atoms with E-state index in [0.717, 1.165) is 12.0 Å². The molecule has 0 saturated carbocycles. The van der Waals surface area contributed by atoms with Gasteiger partial charge in [-0.2, -0.15) is 0 Å². The molecule has 0 aliphatic carbocycles. The van der Waals surface area contributed by atoms with Gasteiger partial charge in [0.05, 0.1) is 19.6 Å². The van der Waals surface area contributed by atoms with E-state index in [4.69, 9.17) is 14.2 Å². The highest BCUT2D eigenvalue weighted by molar-refractivity contribution is 5.98. The van der Waals surface area contributed by atoms with Gasteiger partial charge in [-0.3, -0.25) is 14.4 Å². The standard InChI is InChI=1S/C21H21NO6/c1-14(23)22-17-6-3-15(4-7-17)11-21(25)28-13-18(24)16-5-8-19-20(12-16)27-10-2-9-26-19/h3-8,12H,2,9-11,13H2,1H3,(H,22,23). The first-order valence-corrected chi connectivity index (χ1v) is 8.96. The van der Waals surface area contributed by atoms with Crippen LogP contribution in [-0.2, 0) is 20.7 Å². The van der Waals surface area contributed by atoms with Gasteiger partial charge in [0, 0.05) is 24.6 Å². The number of fused-ring (bicyclic) bond motifs is 1. The number of carbonyl (C=O) groups is 3. The lowest BCUT2D eigenvalue weighted by Crippen LogP contribution is -2.16. The minimum atomic E-state index is -0.505. The zero-order chi connectivity index (χ0) is 19.9. The SMILES string of the molecule is CC(=O)Nc1ccc(CC(=O)OCC(=O)c2ccc3c(c2)OCCCO3)cc1. The van der Waals surface area contributed by atoms with Crippen LogP contribution in [0.2, 0.25) is 0 Å². The number of carbonyl (C=O) groups excluding carboxylic acids is 3. The third kappa shape index (κ3) is 5.33. The van der Waals surface area contributed by atoms with E-state index in [1.807, 2.05) is 0 Å². The lowest BCUT2D eigenvalue weighted by atomic mass is 10.1. The van der Waals surface area contributed by atoms with Crippen LogP contribution < -0.4 is 14.8 Å². The number of benzene rings is 2. The summed E-state index contributed by atoms with van der Waals surface area (Å²) >= 11 is 0. The summed E-state index contributed by atoms with van der Waals surface area (Å²) < 4.78 is 16.2. The molecule has 0 spiro atoms. The second-order valence-electron chi connectivity index (χ2n) is 6.35. The Bertz CT molecular complexity index is 875. The number of amides is 1. The van der Waals surface area contributed by atoms with Crippen LogP contribution in [0.3, 0.4) is 0 Å². The molecule has 7 nitrogen and oxygen atoms in total. The van der Waals surface area contributed by atoms with Crippen LogP contribution in [0, 0.1) is 0 Å². The molecule has 1 amide bonds. The van der Waals surface area contributed by atoms with Gasteiger partial charge in [0.1, 0.15) is 0 Å². The van der Waals surface area contributed by atoms with Crippen molar-refractivity contribution >= 4 is 23.3 Å². The van der Waals surface area contributed by atoms with Crippen molar-refractivity contribution in [1.82, 2.24) is 0 Å². The minimum Gasteiger partial charge on any atom is -0.490 e. The topological polar surface area (TPSA) is 90.9 Å². The number of hydrogen-bond donors (Lipinski definition) is 1. The second-order valence-corrected chi connectivity index (χ2v) is 6.35. The van der Waals surface area contributed by atoms with E-state index in [1.165, 1.54) is 6.92 Å². The third-order valence-corrected chi connectivity index (χ3v) is 4.06. The molecule has 0 fully saturated rings. The van der Waals surface area contributed by atoms with Gasteiger partial charge in [0.25, 0.3) is 0 Å². The fourth-order valence-corrected chi connectivity index (χ4v) is 2.69. The predicted molar refractivity (Wildman–Crippen MR) is 102 cm³/mol. The molecule has 2 aromatic rings. The fraction of sp³-hybridized carbons (Fsp3) is 0.286. The van der Waals surface area contributed by atoms with Crippen molar-refractivity contribution < 1.29 is 28.6 Å². The monoisotopic (exact) mass is 383 g/mol. The number of ketones is 1. The lowest BCUT2D eigenvalue weighted by molar-refractivity contribution is -0.141. The van der Waals surface area contributed by atoms with Gasteiger partial charge < -0.3 is 19.5 Å². The Kier molecular flexibility index (Phi) is 6.26. The molecular weight excluding hydrogens is 362 g/mol. The van der Waals surface area contributed by atoms with Crippen molar-refractivity contribution in [3.8, 4) is 11.5 Å². The molecule has 1 heterocycles. The largest absolute Gasteiger partial charge is 0.490 e. The summed E-state index contributed by atoms with van der Waals surface area (Å²) in [6.07, 6.45) is 0.816. The Morgan fingerprint density at radius 1 is 1.00 bits per heavy atom. The maximum atomic E-state index is 12.3. The van der Waals surface area contributed by atoms with Crippen LogP contribution in [-0.4, -0.2) is 37.5 Å². The summed E-state index contributed by atoms with van der Waals surface area (Å²) in [5.74, 6) is 0.142. The predicted octanol–water partition coefficient (Wildman–Crippen LogP) is 2.77. The quantitative estimate of drug-likeness (QED) is 0.609. The normalized spacial score (nSPS) is 12.6. The molecule has 1 N–H and O–H groups in total. The van der Waals surface area contributed by atoms with E-state index in [2.05, 4.69) is 5.32 Å². The first kappa shape index (κ1) is 19.4. The maximum Gasteiger partial charge on any atom is 0.310 e. The molecule has 3 rings (SSSR count). The number of anilines is 1. The van der Waals surface area contributed by atoms with Crippen molar-refractivity contribution in [2.24, 2.45) is 0 Å². The molecule has 0 aromatic heterocycles. The first-order valence-electron chi connectivity index (χ1n) is 8.96. The molecule has 1 aliphatic heterocycles. The first-order chi connectivity index (χ1) is 13.5. The summed E-state index contributed by atoms with van der Waals surface area (Å²) in [5, 5.41) is 2.65. The molecule has 2 aromatic carbocycles. The fourth-order valence-electron chi connectivity index (χ4n) is 2.69. The van der Waals surface area contributed by atoms with Crippen LogP contribution in [0.1, 0.15) is 29.3 Å². The summed E-state index contributed by atoms with van der Waals surface area (Å²) in [6.45, 7) is 2.18. The van der Waals surface area contributed by atoms with Crippen LogP contribution >= 0.6 is 0 Å². The van der Waals surface area contributed by atoms with Gasteiger partial charge in [-0.1, -0.05) is 12.1 Å². The molecule has 146 valence electrons. The molecule has 0 atom stereocenters. The van der Waals surface area contributed by atoms with Gasteiger partial charge in [-0.05, 0) is 35.9 Å². The third-order valence-electron chi connectivity index (χ3n) is 4.06. The van der Waals surface area contributed by atoms with Crippen molar-refractivity contribution in [3.63, 3.8) is 0 Å². The van der Waals surface area contributed by atoms with Gasteiger partial charge in [0.2, 0.25) is 5.91 Å². The average Bonchev–Trinajstić information content (AvgIpc) is 2.92. The molecule has 1 aliphatic rings. The van der Waals surface area contributed by atoms with E-state index in [-0.39, 0.29) is 24.7 Å². The number of nitrogens with one attached hydrogen (secondary N) is 1. The second kappa shape index (κ2) is 9.03. The van der Waals surface area contributed by atoms with Gasteiger partial charge in [0.15, 0.2) is 23.9 Å².